The Labute approximate surface area is 126 Å². The fourth-order valence-electron chi connectivity index (χ4n) is 1.93. The van der Waals surface area contributed by atoms with E-state index in [0.717, 1.165) is 5.56 Å². The van der Waals surface area contributed by atoms with Crippen LogP contribution in [0.15, 0.2) is 65.3 Å². The molecule has 0 aliphatic heterocycles. The maximum absolute atomic E-state index is 12.1. The van der Waals surface area contributed by atoms with E-state index >= 15 is 0 Å². The summed E-state index contributed by atoms with van der Waals surface area (Å²) < 4.78 is 5.13. The van der Waals surface area contributed by atoms with Gasteiger partial charge < -0.3 is 4.52 Å². The highest BCUT2D eigenvalue weighted by Gasteiger charge is 2.14. The topological polar surface area (TPSA) is 55.1 Å². The molecule has 0 fully saturated rings. The molecule has 0 aliphatic carbocycles. The number of anilines is 1. The molecule has 1 N–H and O–H groups in total. The second-order valence-corrected chi connectivity index (χ2v) is 4.83. The molecule has 1 amide bonds. The number of nitrogens with zero attached hydrogens (tertiary/aromatic N) is 1. The first kappa shape index (κ1) is 13.4. The van der Waals surface area contributed by atoms with Crippen molar-refractivity contribution in [3.05, 3.63) is 71.4 Å². The molecular formula is C16H11ClN2O2. The minimum atomic E-state index is -0.248. The molecule has 1 aromatic heterocycles. The van der Waals surface area contributed by atoms with Crippen LogP contribution in [-0.4, -0.2) is 11.1 Å². The summed E-state index contributed by atoms with van der Waals surface area (Å²) in [7, 11) is 0. The minimum Gasteiger partial charge on any atom is -0.338 e. The molecule has 1 heterocycles. The molecule has 0 bridgehead atoms. The number of carbonyl (C=O) groups is 1. The van der Waals surface area contributed by atoms with Crippen LogP contribution in [0.1, 0.15) is 10.4 Å². The first-order valence-corrected chi connectivity index (χ1v) is 6.69. The van der Waals surface area contributed by atoms with E-state index in [1.165, 1.54) is 0 Å². The van der Waals surface area contributed by atoms with Crippen LogP contribution in [0.3, 0.4) is 0 Å². The second kappa shape index (κ2) is 5.81. The number of amides is 1. The molecule has 0 saturated carbocycles. The number of carbonyl (C=O) groups excluding carboxylic acids is 1. The van der Waals surface area contributed by atoms with E-state index in [2.05, 4.69) is 10.5 Å². The van der Waals surface area contributed by atoms with Crippen LogP contribution in [0.4, 0.5) is 5.88 Å². The molecule has 5 heteroatoms. The maximum Gasteiger partial charge on any atom is 0.258 e. The van der Waals surface area contributed by atoms with E-state index in [9.17, 15) is 4.79 Å². The van der Waals surface area contributed by atoms with Crippen molar-refractivity contribution in [2.45, 2.75) is 0 Å². The molecule has 3 aromatic rings. The molecule has 2 aromatic carbocycles. The Balaban J connectivity index is 1.86. The van der Waals surface area contributed by atoms with E-state index in [0.29, 0.717) is 22.0 Å². The highest BCUT2D eigenvalue weighted by atomic mass is 35.5. The quantitative estimate of drug-likeness (QED) is 0.786. The van der Waals surface area contributed by atoms with Gasteiger partial charge in [0.1, 0.15) is 0 Å². The zero-order chi connectivity index (χ0) is 14.7. The Hall–Kier alpha value is -2.59. The predicted molar refractivity (Wildman–Crippen MR) is 81.3 cm³/mol. The Morgan fingerprint density at radius 2 is 1.76 bits per heavy atom. The molecule has 21 heavy (non-hydrogen) atoms. The summed E-state index contributed by atoms with van der Waals surface area (Å²) in [5.41, 5.74) is 2.12. The van der Waals surface area contributed by atoms with E-state index < -0.39 is 0 Å². The van der Waals surface area contributed by atoms with Crippen LogP contribution in [0.2, 0.25) is 5.02 Å². The molecule has 0 saturated heterocycles. The predicted octanol–water partition coefficient (Wildman–Crippen LogP) is 4.25. The molecule has 104 valence electrons. The van der Waals surface area contributed by atoms with E-state index in [1.54, 1.807) is 42.6 Å². The van der Waals surface area contributed by atoms with Crippen molar-refractivity contribution in [3.8, 4) is 11.1 Å². The summed E-state index contributed by atoms with van der Waals surface area (Å²) in [5.74, 6) is 0.0636. The number of rotatable bonds is 3. The summed E-state index contributed by atoms with van der Waals surface area (Å²) in [6.45, 7) is 0. The lowest BCUT2D eigenvalue weighted by molar-refractivity contribution is 0.102. The van der Waals surface area contributed by atoms with Crippen molar-refractivity contribution in [3.63, 3.8) is 0 Å². The summed E-state index contributed by atoms with van der Waals surface area (Å²) in [6, 6.07) is 16.1. The molecule has 0 atom stereocenters. The molecule has 0 unspecified atom stereocenters. The fourth-order valence-corrected chi connectivity index (χ4v) is 2.06. The van der Waals surface area contributed by atoms with Crippen LogP contribution < -0.4 is 5.32 Å². The first-order valence-electron chi connectivity index (χ1n) is 6.31. The van der Waals surface area contributed by atoms with Crippen molar-refractivity contribution in [2.24, 2.45) is 0 Å². The zero-order valence-corrected chi connectivity index (χ0v) is 11.7. The Bertz CT molecular complexity index is 751. The maximum atomic E-state index is 12.1. The van der Waals surface area contributed by atoms with Gasteiger partial charge >= 0.3 is 0 Å². The number of nitrogens with one attached hydrogen (secondary N) is 1. The highest BCUT2D eigenvalue weighted by Crippen LogP contribution is 2.29. The van der Waals surface area contributed by atoms with Crippen molar-refractivity contribution in [2.75, 3.05) is 5.32 Å². The monoisotopic (exact) mass is 298 g/mol. The van der Waals surface area contributed by atoms with Crippen LogP contribution in [0.5, 0.6) is 0 Å². The van der Waals surface area contributed by atoms with Gasteiger partial charge in [0.15, 0.2) is 0 Å². The van der Waals surface area contributed by atoms with Crippen molar-refractivity contribution in [1.82, 2.24) is 5.16 Å². The van der Waals surface area contributed by atoms with Crippen LogP contribution in [-0.2, 0) is 0 Å². The zero-order valence-electron chi connectivity index (χ0n) is 10.9. The first-order chi connectivity index (χ1) is 10.2. The van der Waals surface area contributed by atoms with Gasteiger partial charge in [-0.05, 0) is 29.8 Å². The minimum absolute atomic E-state index is 0.248. The van der Waals surface area contributed by atoms with Crippen molar-refractivity contribution in [1.29, 1.82) is 0 Å². The third-order valence-electron chi connectivity index (χ3n) is 2.99. The highest BCUT2D eigenvalue weighted by molar-refractivity contribution is 6.30. The summed E-state index contributed by atoms with van der Waals surface area (Å²) >= 11 is 5.87. The Morgan fingerprint density at radius 1 is 1.05 bits per heavy atom. The summed E-state index contributed by atoms with van der Waals surface area (Å²) in [6.07, 6.45) is 1.56. The fraction of sp³-hybridized carbons (Fsp3) is 0. The van der Waals surface area contributed by atoms with Gasteiger partial charge in [-0.3, -0.25) is 10.1 Å². The number of aromatic nitrogens is 1. The second-order valence-electron chi connectivity index (χ2n) is 4.40. The number of halogens is 1. The summed E-state index contributed by atoms with van der Waals surface area (Å²) in [4.78, 5) is 12.1. The normalized spacial score (nSPS) is 10.3. The molecule has 3 rings (SSSR count). The number of hydrogen-bond acceptors (Lipinski definition) is 3. The van der Waals surface area contributed by atoms with Gasteiger partial charge in [-0.15, -0.1) is 0 Å². The Kier molecular flexibility index (Phi) is 3.71. The largest absolute Gasteiger partial charge is 0.338 e. The van der Waals surface area contributed by atoms with Crippen LogP contribution >= 0.6 is 11.6 Å². The number of hydrogen-bond donors (Lipinski definition) is 1. The summed E-state index contributed by atoms with van der Waals surface area (Å²) in [5, 5.41) is 7.11. The average Bonchev–Trinajstić information content (AvgIpc) is 2.97. The van der Waals surface area contributed by atoms with Gasteiger partial charge in [-0.2, -0.15) is 0 Å². The van der Waals surface area contributed by atoms with Crippen LogP contribution in [0.25, 0.3) is 11.1 Å². The van der Waals surface area contributed by atoms with Crippen LogP contribution in [0, 0.1) is 0 Å². The third-order valence-corrected chi connectivity index (χ3v) is 3.24. The van der Waals surface area contributed by atoms with Gasteiger partial charge in [0.2, 0.25) is 5.88 Å². The molecule has 0 aliphatic rings. The lowest BCUT2D eigenvalue weighted by Gasteiger charge is -2.04. The molecule has 4 nitrogen and oxygen atoms in total. The van der Waals surface area contributed by atoms with Crippen molar-refractivity contribution >= 4 is 23.4 Å². The lowest BCUT2D eigenvalue weighted by Crippen LogP contribution is -2.11. The van der Waals surface area contributed by atoms with Crippen molar-refractivity contribution < 1.29 is 9.32 Å². The SMILES string of the molecule is O=C(Nc1oncc1-c1ccc(Cl)cc1)c1ccccc1. The molecule has 0 radical (unpaired) electrons. The van der Waals surface area contributed by atoms with Gasteiger partial charge in [-0.25, -0.2) is 0 Å². The van der Waals surface area contributed by atoms with Gasteiger partial charge in [-0.1, -0.05) is 47.1 Å². The molecular weight excluding hydrogens is 288 g/mol. The average molecular weight is 299 g/mol. The van der Waals surface area contributed by atoms with E-state index in [1.807, 2.05) is 18.2 Å². The lowest BCUT2D eigenvalue weighted by atomic mass is 10.1. The standard InChI is InChI=1S/C16H11ClN2O2/c17-13-8-6-11(7-9-13)14-10-18-21-16(14)19-15(20)12-4-2-1-3-5-12/h1-10H,(H,19,20). The molecule has 0 spiro atoms. The third kappa shape index (κ3) is 2.95. The smallest absolute Gasteiger partial charge is 0.258 e. The van der Waals surface area contributed by atoms with Gasteiger partial charge in [0.25, 0.3) is 5.91 Å². The van der Waals surface area contributed by atoms with Gasteiger partial charge in [0, 0.05) is 10.6 Å². The van der Waals surface area contributed by atoms with E-state index in [4.69, 9.17) is 16.1 Å². The van der Waals surface area contributed by atoms with E-state index in [-0.39, 0.29) is 5.91 Å². The Morgan fingerprint density at radius 3 is 2.48 bits per heavy atom. The number of benzene rings is 2. The van der Waals surface area contributed by atoms with Gasteiger partial charge in [0.05, 0.1) is 11.8 Å².